The largest absolute Gasteiger partial charge is 0.354 e. The molecule has 1 aliphatic carbocycles. The third-order valence-corrected chi connectivity index (χ3v) is 9.26. The molecule has 2 aliphatic heterocycles. The summed E-state index contributed by atoms with van der Waals surface area (Å²) >= 11 is 0. The Morgan fingerprint density at radius 1 is 0.947 bits per heavy atom. The molecule has 2 amide bonds. The SMILES string of the molecule is O=C(NCCCC1CCN(C(=O)c2ccccc2)CC1)c1cc2c([nH]1)C1(CCCCCCCCC1)CNC2. The maximum atomic E-state index is 13.1. The number of likely N-dealkylation sites (tertiary alicyclic amines) is 1. The van der Waals surface area contributed by atoms with Crippen LogP contribution >= 0.6 is 0 Å². The van der Waals surface area contributed by atoms with Crippen LogP contribution in [0.2, 0.25) is 0 Å². The van der Waals surface area contributed by atoms with E-state index < -0.39 is 0 Å². The van der Waals surface area contributed by atoms with Gasteiger partial charge in [0.05, 0.1) is 0 Å². The number of carbonyl (C=O) groups excluding carboxylic acids is 2. The van der Waals surface area contributed by atoms with Crippen molar-refractivity contribution in [1.29, 1.82) is 0 Å². The summed E-state index contributed by atoms with van der Waals surface area (Å²) in [5.41, 5.74) is 4.28. The van der Waals surface area contributed by atoms with Gasteiger partial charge in [0.1, 0.15) is 5.69 Å². The predicted octanol–water partition coefficient (Wildman–Crippen LogP) is 5.94. The van der Waals surface area contributed by atoms with Gasteiger partial charge in [-0.3, -0.25) is 9.59 Å². The number of amides is 2. The van der Waals surface area contributed by atoms with E-state index in [-0.39, 0.29) is 17.2 Å². The molecule has 1 aromatic heterocycles. The normalized spacial score (nSPS) is 20.6. The molecule has 1 aromatic carbocycles. The standard InChI is InChI=1S/C32H46N4O2/c37-30(34-19-11-12-25-15-20-36(21-16-25)31(38)26-13-7-6-8-14-26)28-22-27-23-33-24-32(29(27)35-28)17-9-4-2-1-3-5-10-18-32/h6-8,13-14,22,25,33,35H,1-5,9-12,15-21,23-24H2,(H,34,37). The van der Waals surface area contributed by atoms with Crippen LogP contribution < -0.4 is 10.6 Å². The maximum absolute atomic E-state index is 13.1. The molecule has 0 unspecified atom stereocenters. The van der Waals surface area contributed by atoms with Crippen LogP contribution in [0, 0.1) is 5.92 Å². The molecule has 5 rings (SSSR count). The molecule has 1 saturated heterocycles. The molecule has 6 heteroatoms. The number of carbonyl (C=O) groups is 2. The van der Waals surface area contributed by atoms with Gasteiger partial charge in [-0.05, 0) is 68.2 Å². The van der Waals surface area contributed by atoms with Crippen molar-refractivity contribution in [2.24, 2.45) is 5.92 Å². The minimum absolute atomic E-state index is 0.0256. The highest BCUT2D eigenvalue weighted by Gasteiger charge is 2.38. The number of piperidine rings is 1. The smallest absolute Gasteiger partial charge is 0.267 e. The molecule has 3 aliphatic rings. The number of benzene rings is 1. The van der Waals surface area contributed by atoms with Crippen LogP contribution in [-0.2, 0) is 12.0 Å². The van der Waals surface area contributed by atoms with Gasteiger partial charge < -0.3 is 20.5 Å². The van der Waals surface area contributed by atoms with Gasteiger partial charge in [0.15, 0.2) is 0 Å². The van der Waals surface area contributed by atoms with Crippen molar-refractivity contribution in [3.63, 3.8) is 0 Å². The molecule has 1 saturated carbocycles. The molecule has 1 spiro atoms. The lowest BCUT2D eigenvalue weighted by Crippen LogP contribution is -2.43. The highest BCUT2D eigenvalue weighted by molar-refractivity contribution is 5.94. The first-order valence-corrected chi connectivity index (χ1v) is 15.2. The quantitative estimate of drug-likeness (QED) is 0.414. The highest BCUT2D eigenvalue weighted by Crippen LogP contribution is 2.40. The third kappa shape index (κ3) is 6.51. The number of nitrogens with one attached hydrogen (secondary N) is 3. The molecular formula is C32H46N4O2. The second-order valence-electron chi connectivity index (χ2n) is 11.9. The van der Waals surface area contributed by atoms with E-state index in [4.69, 9.17) is 0 Å². The molecule has 0 bridgehead atoms. The van der Waals surface area contributed by atoms with Crippen LogP contribution in [0.4, 0.5) is 0 Å². The molecule has 2 aromatic rings. The monoisotopic (exact) mass is 518 g/mol. The van der Waals surface area contributed by atoms with Gasteiger partial charge in [-0.25, -0.2) is 0 Å². The van der Waals surface area contributed by atoms with Crippen molar-refractivity contribution in [3.8, 4) is 0 Å². The van der Waals surface area contributed by atoms with Crippen molar-refractivity contribution < 1.29 is 9.59 Å². The van der Waals surface area contributed by atoms with E-state index in [1.165, 1.54) is 69.0 Å². The Labute approximate surface area is 228 Å². The van der Waals surface area contributed by atoms with E-state index in [1.54, 1.807) is 0 Å². The number of aromatic nitrogens is 1. The third-order valence-electron chi connectivity index (χ3n) is 9.26. The van der Waals surface area contributed by atoms with Crippen molar-refractivity contribution in [2.75, 3.05) is 26.2 Å². The Morgan fingerprint density at radius 2 is 1.63 bits per heavy atom. The molecule has 206 valence electrons. The van der Waals surface area contributed by atoms with Gasteiger partial charge in [-0.2, -0.15) is 0 Å². The van der Waals surface area contributed by atoms with Gasteiger partial charge >= 0.3 is 0 Å². The van der Waals surface area contributed by atoms with E-state index in [1.807, 2.05) is 35.2 Å². The topological polar surface area (TPSA) is 77.2 Å². The Hall–Kier alpha value is -2.60. The lowest BCUT2D eigenvalue weighted by Gasteiger charge is -2.38. The lowest BCUT2D eigenvalue weighted by molar-refractivity contribution is 0.0685. The molecule has 0 atom stereocenters. The van der Waals surface area contributed by atoms with Gasteiger partial charge in [-0.1, -0.05) is 63.1 Å². The zero-order chi connectivity index (χ0) is 26.2. The van der Waals surface area contributed by atoms with Crippen LogP contribution in [0.15, 0.2) is 36.4 Å². The fraction of sp³-hybridized carbons (Fsp3) is 0.625. The Bertz CT molecular complexity index is 1040. The second-order valence-corrected chi connectivity index (χ2v) is 11.9. The summed E-state index contributed by atoms with van der Waals surface area (Å²) in [5.74, 6) is 0.799. The van der Waals surface area contributed by atoms with E-state index in [0.717, 1.165) is 63.1 Å². The van der Waals surface area contributed by atoms with Crippen molar-refractivity contribution in [1.82, 2.24) is 20.5 Å². The fourth-order valence-corrected chi connectivity index (χ4v) is 7.00. The van der Waals surface area contributed by atoms with Crippen molar-refractivity contribution in [2.45, 2.75) is 95.4 Å². The van der Waals surface area contributed by atoms with Crippen molar-refractivity contribution >= 4 is 11.8 Å². The van der Waals surface area contributed by atoms with E-state index >= 15 is 0 Å². The zero-order valence-electron chi connectivity index (χ0n) is 23.0. The summed E-state index contributed by atoms with van der Waals surface area (Å²) in [6.45, 7) is 4.24. The van der Waals surface area contributed by atoms with E-state index in [2.05, 4.69) is 21.7 Å². The average molecular weight is 519 g/mol. The minimum atomic E-state index is 0.0256. The van der Waals surface area contributed by atoms with Crippen LogP contribution in [0.1, 0.15) is 116 Å². The summed E-state index contributed by atoms with van der Waals surface area (Å²) in [4.78, 5) is 31.3. The van der Waals surface area contributed by atoms with Crippen LogP contribution in [0.25, 0.3) is 0 Å². The predicted molar refractivity (Wildman–Crippen MR) is 152 cm³/mol. The van der Waals surface area contributed by atoms with Gasteiger partial charge in [0.2, 0.25) is 0 Å². The summed E-state index contributed by atoms with van der Waals surface area (Å²) in [7, 11) is 0. The zero-order valence-corrected chi connectivity index (χ0v) is 23.0. The maximum Gasteiger partial charge on any atom is 0.267 e. The fourth-order valence-electron chi connectivity index (χ4n) is 7.00. The number of aromatic amines is 1. The Kier molecular flexibility index (Phi) is 9.21. The number of H-pyrrole nitrogens is 1. The second kappa shape index (κ2) is 13.0. The number of nitrogens with zero attached hydrogens (tertiary/aromatic N) is 1. The molecule has 3 N–H and O–H groups in total. The highest BCUT2D eigenvalue weighted by atomic mass is 16.2. The average Bonchev–Trinajstić information content (AvgIpc) is 3.41. The molecule has 0 radical (unpaired) electrons. The number of rotatable bonds is 6. The molecule has 3 heterocycles. The Balaban J connectivity index is 1.08. The van der Waals surface area contributed by atoms with E-state index in [9.17, 15) is 9.59 Å². The van der Waals surface area contributed by atoms with Crippen molar-refractivity contribution in [3.05, 3.63) is 58.9 Å². The molecule has 6 nitrogen and oxygen atoms in total. The van der Waals surface area contributed by atoms with Gasteiger partial charge in [-0.15, -0.1) is 0 Å². The summed E-state index contributed by atoms with van der Waals surface area (Å²) in [6.07, 6.45) is 15.9. The number of hydrogen-bond donors (Lipinski definition) is 3. The molecule has 2 fully saturated rings. The van der Waals surface area contributed by atoms with E-state index in [0.29, 0.717) is 12.5 Å². The summed E-state index contributed by atoms with van der Waals surface area (Å²) < 4.78 is 0. The summed E-state index contributed by atoms with van der Waals surface area (Å²) in [5, 5.41) is 6.84. The van der Waals surface area contributed by atoms with Crippen LogP contribution in [-0.4, -0.2) is 47.9 Å². The first-order valence-electron chi connectivity index (χ1n) is 15.2. The minimum Gasteiger partial charge on any atom is -0.354 e. The Morgan fingerprint density at radius 3 is 2.34 bits per heavy atom. The van der Waals surface area contributed by atoms with Crippen LogP contribution in [0.3, 0.4) is 0 Å². The molecule has 38 heavy (non-hydrogen) atoms. The lowest BCUT2D eigenvalue weighted by atomic mass is 9.72. The first-order chi connectivity index (χ1) is 18.6. The number of hydrogen-bond acceptors (Lipinski definition) is 3. The summed E-state index contributed by atoms with van der Waals surface area (Å²) in [6, 6.07) is 11.7. The first kappa shape index (κ1) is 27.0. The number of fused-ring (bicyclic) bond motifs is 2. The van der Waals surface area contributed by atoms with Gasteiger partial charge in [0.25, 0.3) is 11.8 Å². The van der Waals surface area contributed by atoms with Gasteiger partial charge in [0, 0.05) is 49.4 Å². The molecular weight excluding hydrogens is 472 g/mol. The van der Waals surface area contributed by atoms with Crippen LogP contribution in [0.5, 0.6) is 0 Å².